The van der Waals surface area contributed by atoms with Crippen LogP contribution in [0.1, 0.15) is 22.2 Å². The maximum atomic E-state index is 14.1. The number of furan rings is 1. The molecule has 1 aliphatic rings. The van der Waals surface area contributed by atoms with Crippen molar-refractivity contribution < 1.29 is 38.3 Å². The minimum absolute atomic E-state index is 0.00801. The van der Waals surface area contributed by atoms with Crippen LogP contribution in [-0.4, -0.2) is 33.9 Å². The molecule has 0 spiro atoms. The number of hydrogen-bond acceptors (Lipinski definition) is 8. The molecule has 1 amide bonds. The van der Waals surface area contributed by atoms with E-state index in [-0.39, 0.29) is 22.6 Å². The molecule has 1 aromatic heterocycles. The fourth-order valence-electron chi connectivity index (χ4n) is 4.34. The second-order valence-corrected chi connectivity index (χ2v) is 8.14. The number of phenolic OH excluding ortho intramolecular Hbond substituents is 1. The lowest BCUT2D eigenvalue weighted by Gasteiger charge is -2.26. The molecule has 0 saturated carbocycles. The summed E-state index contributed by atoms with van der Waals surface area (Å²) in [6.07, 6.45) is 0. The van der Waals surface area contributed by atoms with Gasteiger partial charge >= 0.3 is 5.69 Å². The molecule has 1 unspecified atom stereocenters. The Morgan fingerprint density at radius 3 is 2.57 bits per heavy atom. The molecule has 3 aromatic carbocycles. The monoisotopic (exact) mass is 504 g/mol. The lowest BCUT2D eigenvalue weighted by atomic mass is 9.94. The molecular formula is C26H17FN2O8. The molecule has 1 aliphatic heterocycles. The summed E-state index contributed by atoms with van der Waals surface area (Å²) in [5, 5.41) is 32.8. The third-order valence-electron chi connectivity index (χ3n) is 6.00. The number of phenols is 1. The second kappa shape index (κ2) is 8.79. The van der Waals surface area contributed by atoms with E-state index < -0.39 is 51.2 Å². The number of carbonyl (C=O) groups excluding carboxylic acids is 2. The number of ether oxygens (including phenoxy) is 1. The van der Waals surface area contributed by atoms with Gasteiger partial charge in [0.15, 0.2) is 28.6 Å². The molecule has 0 aliphatic carbocycles. The number of nitro benzene ring substituents is 1. The van der Waals surface area contributed by atoms with Crippen LogP contribution >= 0.6 is 0 Å². The lowest BCUT2D eigenvalue weighted by molar-refractivity contribution is -0.385. The first kappa shape index (κ1) is 23.5. The number of carbonyl (C=O) groups is 2. The van der Waals surface area contributed by atoms with E-state index in [9.17, 15) is 34.3 Å². The number of nitro groups is 1. The van der Waals surface area contributed by atoms with Crippen LogP contribution in [0.25, 0.3) is 11.0 Å². The van der Waals surface area contributed by atoms with Gasteiger partial charge < -0.3 is 19.4 Å². The second-order valence-electron chi connectivity index (χ2n) is 8.14. The van der Waals surface area contributed by atoms with Crippen molar-refractivity contribution >= 4 is 34.0 Å². The van der Waals surface area contributed by atoms with Crippen molar-refractivity contribution in [1.29, 1.82) is 0 Å². The number of rotatable bonds is 6. The van der Waals surface area contributed by atoms with Gasteiger partial charge in [-0.05, 0) is 42.0 Å². The van der Waals surface area contributed by atoms with Crippen LogP contribution in [0.5, 0.6) is 11.5 Å². The maximum Gasteiger partial charge on any atom is 0.311 e. The SMILES string of the molecule is COc1cccc2cc(C(=O)C3=C(O)C(=O)N(c4cccc(F)c4)C3c3ccc(O)c([N+](=O)[O-])c3)oc12. The van der Waals surface area contributed by atoms with Crippen molar-refractivity contribution in [3.05, 3.63) is 105 Å². The highest BCUT2D eigenvalue weighted by Gasteiger charge is 2.46. The predicted molar refractivity (Wildman–Crippen MR) is 128 cm³/mol. The first-order valence-corrected chi connectivity index (χ1v) is 10.8. The van der Waals surface area contributed by atoms with E-state index in [1.807, 2.05) is 0 Å². The molecule has 37 heavy (non-hydrogen) atoms. The van der Waals surface area contributed by atoms with E-state index in [1.165, 1.54) is 31.4 Å². The van der Waals surface area contributed by atoms with Crippen LogP contribution in [-0.2, 0) is 4.79 Å². The maximum absolute atomic E-state index is 14.1. The fourth-order valence-corrected chi connectivity index (χ4v) is 4.34. The zero-order valence-electron chi connectivity index (χ0n) is 19.0. The zero-order chi connectivity index (χ0) is 26.4. The van der Waals surface area contributed by atoms with Gasteiger partial charge in [-0.3, -0.25) is 24.6 Å². The number of hydrogen-bond donors (Lipinski definition) is 2. The van der Waals surface area contributed by atoms with Crippen molar-refractivity contribution in [1.82, 2.24) is 0 Å². The Hall–Kier alpha value is -5.19. The number of anilines is 1. The van der Waals surface area contributed by atoms with Crippen LogP contribution in [0.4, 0.5) is 15.8 Å². The highest BCUT2D eigenvalue weighted by molar-refractivity contribution is 6.20. The van der Waals surface area contributed by atoms with Crippen molar-refractivity contribution in [3.8, 4) is 11.5 Å². The first-order chi connectivity index (χ1) is 17.7. The number of para-hydroxylation sites is 1. The number of aliphatic hydroxyl groups excluding tert-OH is 1. The van der Waals surface area contributed by atoms with E-state index in [0.717, 1.165) is 29.2 Å². The van der Waals surface area contributed by atoms with Gasteiger partial charge in [0.1, 0.15) is 5.82 Å². The van der Waals surface area contributed by atoms with E-state index in [0.29, 0.717) is 11.1 Å². The summed E-state index contributed by atoms with van der Waals surface area (Å²) < 4.78 is 25.0. The molecule has 0 saturated heterocycles. The van der Waals surface area contributed by atoms with E-state index in [4.69, 9.17) is 9.15 Å². The quantitative estimate of drug-likeness (QED) is 0.213. The first-order valence-electron chi connectivity index (χ1n) is 10.8. The Labute approximate surface area is 207 Å². The summed E-state index contributed by atoms with van der Waals surface area (Å²) >= 11 is 0. The molecule has 1 atom stereocenters. The van der Waals surface area contributed by atoms with Gasteiger partial charge in [-0.1, -0.05) is 24.3 Å². The highest BCUT2D eigenvalue weighted by Crippen LogP contribution is 2.44. The molecule has 4 aromatic rings. The van der Waals surface area contributed by atoms with Crippen molar-refractivity contribution in [2.75, 3.05) is 12.0 Å². The number of methoxy groups -OCH3 is 1. The molecule has 0 fully saturated rings. The third kappa shape index (κ3) is 3.82. The molecule has 2 heterocycles. The minimum Gasteiger partial charge on any atom is -0.503 e. The molecule has 5 rings (SSSR count). The van der Waals surface area contributed by atoms with E-state index in [2.05, 4.69) is 0 Å². The molecule has 0 bridgehead atoms. The molecule has 10 nitrogen and oxygen atoms in total. The van der Waals surface area contributed by atoms with Gasteiger partial charge in [-0.2, -0.15) is 0 Å². The van der Waals surface area contributed by atoms with Gasteiger partial charge in [0.25, 0.3) is 5.91 Å². The van der Waals surface area contributed by atoms with Gasteiger partial charge in [-0.25, -0.2) is 4.39 Å². The third-order valence-corrected chi connectivity index (χ3v) is 6.00. The van der Waals surface area contributed by atoms with Crippen LogP contribution < -0.4 is 9.64 Å². The topological polar surface area (TPSA) is 143 Å². The number of nitrogens with zero attached hydrogens (tertiary/aromatic N) is 2. The Morgan fingerprint density at radius 1 is 1.11 bits per heavy atom. The fraction of sp³-hybridized carbons (Fsp3) is 0.0769. The van der Waals surface area contributed by atoms with Crippen LogP contribution in [0, 0.1) is 15.9 Å². The van der Waals surface area contributed by atoms with Crippen molar-refractivity contribution in [3.63, 3.8) is 0 Å². The zero-order valence-corrected chi connectivity index (χ0v) is 19.0. The van der Waals surface area contributed by atoms with E-state index >= 15 is 0 Å². The van der Waals surface area contributed by atoms with Crippen molar-refractivity contribution in [2.24, 2.45) is 0 Å². The normalized spacial score (nSPS) is 15.5. The van der Waals surface area contributed by atoms with Crippen molar-refractivity contribution in [2.45, 2.75) is 6.04 Å². The van der Waals surface area contributed by atoms with Gasteiger partial charge in [-0.15, -0.1) is 0 Å². The number of fused-ring (bicyclic) bond motifs is 1. The van der Waals surface area contributed by atoms with Crippen LogP contribution in [0.3, 0.4) is 0 Å². The number of ketones is 1. The molecular weight excluding hydrogens is 487 g/mol. The smallest absolute Gasteiger partial charge is 0.311 e. The Kier molecular flexibility index (Phi) is 5.59. The predicted octanol–water partition coefficient (Wildman–Crippen LogP) is 4.98. The number of aliphatic hydroxyl groups is 1. The minimum atomic E-state index is -1.41. The average molecular weight is 504 g/mol. The number of benzene rings is 3. The van der Waals surface area contributed by atoms with Crippen LogP contribution in [0.2, 0.25) is 0 Å². The number of aromatic hydroxyl groups is 1. The molecule has 186 valence electrons. The van der Waals surface area contributed by atoms with E-state index in [1.54, 1.807) is 18.2 Å². The Bertz CT molecular complexity index is 1640. The van der Waals surface area contributed by atoms with Gasteiger partial charge in [0, 0.05) is 17.1 Å². The summed E-state index contributed by atoms with van der Waals surface area (Å²) in [6.45, 7) is 0. The average Bonchev–Trinajstić information content (AvgIpc) is 3.43. The summed E-state index contributed by atoms with van der Waals surface area (Å²) in [6, 6.07) is 13.1. The summed E-state index contributed by atoms with van der Waals surface area (Å²) in [4.78, 5) is 38.5. The number of Topliss-reactive ketones (excluding diaryl/α,β-unsaturated/α-hetero) is 1. The standard InChI is InChI=1S/C26H17FN2O8/c1-36-19-7-2-4-14-11-20(37-25(14)19)23(31)21-22(13-8-9-18(30)17(10-13)29(34)35)28(26(33)24(21)32)16-6-3-5-15(27)12-16/h2-12,22,30,32H,1H3. The van der Waals surface area contributed by atoms with Gasteiger partial charge in [0.05, 0.1) is 23.6 Å². The summed E-state index contributed by atoms with van der Waals surface area (Å²) in [5.41, 5.74) is -0.853. The summed E-state index contributed by atoms with van der Waals surface area (Å²) in [5.74, 6) is -4.03. The Morgan fingerprint density at radius 2 is 1.86 bits per heavy atom. The molecule has 2 N–H and O–H groups in total. The Balaban J connectivity index is 1.70. The van der Waals surface area contributed by atoms with Crippen LogP contribution in [0.15, 0.2) is 82.5 Å². The summed E-state index contributed by atoms with van der Waals surface area (Å²) in [7, 11) is 1.42. The largest absolute Gasteiger partial charge is 0.503 e. The highest BCUT2D eigenvalue weighted by atomic mass is 19.1. The molecule has 0 radical (unpaired) electrons. The number of halogens is 1. The number of amides is 1. The molecule has 11 heteroatoms. The van der Waals surface area contributed by atoms with Gasteiger partial charge in [0.2, 0.25) is 5.78 Å². The lowest BCUT2D eigenvalue weighted by Crippen LogP contribution is -2.31.